The third kappa shape index (κ3) is 3.82. The number of nitrogens with one attached hydrogen (secondary N) is 1. The van der Waals surface area contributed by atoms with Gasteiger partial charge in [-0.25, -0.2) is 4.79 Å². The van der Waals surface area contributed by atoms with E-state index < -0.39 is 46.0 Å². The molecule has 0 spiro atoms. The van der Waals surface area contributed by atoms with Crippen molar-refractivity contribution in [2.24, 2.45) is 0 Å². The fourth-order valence-electron chi connectivity index (χ4n) is 2.36. The van der Waals surface area contributed by atoms with Crippen molar-refractivity contribution in [1.29, 1.82) is 0 Å². The highest BCUT2D eigenvalue weighted by molar-refractivity contribution is 8.00. The number of nitrogens with zero attached hydrogens (tertiary/aromatic N) is 1. The molecule has 10 heteroatoms. The number of hydrogen-bond acceptors (Lipinski definition) is 8. The monoisotopic (exact) mass is 344 g/mol. The third-order valence-electron chi connectivity index (χ3n) is 3.19. The lowest BCUT2D eigenvalue weighted by Gasteiger charge is -2.25. The molecule has 1 saturated heterocycles. The molecule has 0 amide bonds. The molecule has 0 radical (unpaired) electrons. The van der Waals surface area contributed by atoms with Crippen molar-refractivity contribution in [3.05, 3.63) is 33.1 Å². The number of aliphatic hydroxyl groups excluding tert-OH is 1. The number of carbonyl (C=O) groups excluding carboxylic acids is 2. The van der Waals surface area contributed by atoms with Gasteiger partial charge in [0, 0.05) is 26.1 Å². The van der Waals surface area contributed by atoms with Gasteiger partial charge in [0.15, 0.2) is 12.2 Å². The number of rotatable bonds is 4. The number of aromatic amines is 1. The van der Waals surface area contributed by atoms with Crippen molar-refractivity contribution in [2.45, 2.75) is 36.7 Å². The molecule has 4 atom stereocenters. The first-order chi connectivity index (χ1) is 10.8. The second-order valence-corrected chi connectivity index (χ2v) is 6.27. The quantitative estimate of drug-likeness (QED) is 0.666. The first-order valence-electron chi connectivity index (χ1n) is 6.75. The highest BCUT2D eigenvalue weighted by Crippen LogP contribution is 2.44. The molecule has 2 N–H and O–H groups in total. The molecule has 126 valence electrons. The fourth-order valence-corrected chi connectivity index (χ4v) is 3.83. The van der Waals surface area contributed by atoms with Crippen molar-refractivity contribution < 1.29 is 24.2 Å². The van der Waals surface area contributed by atoms with Gasteiger partial charge >= 0.3 is 17.6 Å². The standard InChI is InChI=1S/C13H16N2O7S/c1-6(17)21-10-8(5-16)23-12(11(10)22-7(2)18)15-4-3-9(19)14-13(15)20/h3-4,8,10-12,16H,5H2,1-2H3,(H,14,19,20)/t8-,10-,11-,12-/m1/s1. The maximum absolute atomic E-state index is 12.0. The minimum atomic E-state index is -0.970. The number of carbonyl (C=O) groups is 2. The van der Waals surface area contributed by atoms with Gasteiger partial charge in [-0.1, -0.05) is 0 Å². The topological polar surface area (TPSA) is 128 Å². The van der Waals surface area contributed by atoms with E-state index in [1.165, 1.54) is 24.6 Å². The summed E-state index contributed by atoms with van der Waals surface area (Å²) in [6, 6.07) is 1.15. The maximum atomic E-state index is 12.0. The lowest BCUT2D eigenvalue weighted by Crippen LogP contribution is -2.42. The summed E-state index contributed by atoms with van der Waals surface area (Å²) in [6.07, 6.45) is -0.614. The van der Waals surface area contributed by atoms with Crippen LogP contribution in [-0.4, -0.2) is 50.7 Å². The lowest BCUT2D eigenvalue weighted by atomic mass is 10.1. The molecule has 0 aromatic carbocycles. The van der Waals surface area contributed by atoms with E-state index >= 15 is 0 Å². The van der Waals surface area contributed by atoms with Crippen molar-refractivity contribution in [3.63, 3.8) is 0 Å². The number of ether oxygens (including phenoxy) is 2. The van der Waals surface area contributed by atoms with E-state index in [0.717, 1.165) is 17.8 Å². The zero-order chi connectivity index (χ0) is 17.1. The van der Waals surface area contributed by atoms with Gasteiger partial charge in [0.05, 0.1) is 11.9 Å². The van der Waals surface area contributed by atoms with E-state index in [2.05, 4.69) is 4.98 Å². The first-order valence-corrected chi connectivity index (χ1v) is 7.70. The summed E-state index contributed by atoms with van der Waals surface area (Å²) >= 11 is 1.12. The van der Waals surface area contributed by atoms with Crippen molar-refractivity contribution in [3.8, 4) is 0 Å². The van der Waals surface area contributed by atoms with Crippen LogP contribution in [0.2, 0.25) is 0 Å². The summed E-state index contributed by atoms with van der Waals surface area (Å²) in [5.41, 5.74) is -1.25. The van der Waals surface area contributed by atoms with Crippen molar-refractivity contribution in [1.82, 2.24) is 9.55 Å². The molecule has 1 aliphatic rings. The molecule has 1 aromatic heterocycles. The Morgan fingerprint density at radius 3 is 2.39 bits per heavy atom. The maximum Gasteiger partial charge on any atom is 0.329 e. The highest BCUT2D eigenvalue weighted by Gasteiger charge is 2.49. The Morgan fingerprint density at radius 1 is 1.26 bits per heavy atom. The Hall–Kier alpha value is -2.07. The second kappa shape index (κ2) is 7.01. The Bertz CT molecular complexity index is 713. The first kappa shape index (κ1) is 17.3. The Balaban J connectivity index is 2.43. The normalized spacial score (nSPS) is 26.7. The minimum Gasteiger partial charge on any atom is -0.457 e. The van der Waals surface area contributed by atoms with Gasteiger partial charge in [0.2, 0.25) is 0 Å². The molecule has 0 saturated carbocycles. The van der Waals surface area contributed by atoms with E-state index in [1.54, 1.807) is 0 Å². The second-order valence-electron chi connectivity index (χ2n) is 4.91. The van der Waals surface area contributed by atoms with Crippen LogP contribution in [-0.2, 0) is 19.1 Å². The van der Waals surface area contributed by atoms with Gasteiger partial charge in [0.1, 0.15) is 5.37 Å². The number of hydrogen-bond donors (Lipinski definition) is 2. The van der Waals surface area contributed by atoms with Crippen molar-refractivity contribution in [2.75, 3.05) is 6.61 Å². The van der Waals surface area contributed by atoms with Crippen LogP contribution in [0.3, 0.4) is 0 Å². The van der Waals surface area contributed by atoms with E-state index in [1.807, 2.05) is 0 Å². The molecular formula is C13H16N2O7S. The van der Waals surface area contributed by atoms with Gasteiger partial charge in [-0.05, 0) is 0 Å². The van der Waals surface area contributed by atoms with Crippen molar-refractivity contribution >= 4 is 23.7 Å². The summed E-state index contributed by atoms with van der Waals surface area (Å²) in [5.74, 6) is -1.21. The summed E-state index contributed by atoms with van der Waals surface area (Å²) in [7, 11) is 0. The number of aromatic nitrogens is 2. The number of thioether (sulfide) groups is 1. The third-order valence-corrected chi connectivity index (χ3v) is 4.74. The van der Waals surface area contributed by atoms with E-state index in [0.29, 0.717) is 0 Å². The molecular weight excluding hydrogens is 328 g/mol. The molecule has 2 rings (SSSR count). The van der Waals surface area contributed by atoms with Crippen LogP contribution in [0.25, 0.3) is 0 Å². The zero-order valence-corrected chi connectivity index (χ0v) is 13.2. The molecule has 1 aliphatic heterocycles. The SMILES string of the molecule is CC(=O)O[C@@H]1[C@H](OC(C)=O)[C@@H](CO)S[C@H]1n1ccc(=O)[nH]c1=O. The van der Waals surface area contributed by atoms with Crippen LogP contribution >= 0.6 is 11.8 Å². The van der Waals surface area contributed by atoms with E-state index in [-0.39, 0.29) is 6.61 Å². The summed E-state index contributed by atoms with van der Waals surface area (Å²) in [4.78, 5) is 47.9. The Kier molecular flexibility index (Phi) is 5.26. The van der Waals surface area contributed by atoms with E-state index in [9.17, 15) is 24.3 Å². The molecule has 1 aromatic rings. The molecule has 0 bridgehead atoms. The molecule has 9 nitrogen and oxygen atoms in total. The number of aliphatic hydroxyl groups is 1. The minimum absolute atomic E-state index is 0.338. The van der Waals surface area contributed by atoms with Crippen LogP contribution in [0.5, 0.6) is 0 Å². The molecule has 0 unspecified atom stereocenters. The lowest BCUT2D eigenvalue weighted by molar-refractivity contribution is -0.165. The van der Waals surface area contributed by atoms with Crippen LogP contribution in [0.15, 0.2) is 21.9 Å². The fraction of sp³-hybridized carbons (Fsp3) is 0.538. The van der Waals surface area contributed by atoms with Gasteiger partial charge in [0.25, 0.3) is 5.56 Å². The van der Waals surface area contributed by atoms with Crippen LogP contribution < -0.4 is 11.2 Å². The van der Waals surface area contributed by atoms with Crippen LogP contribution in [0.4, 0.5) is 0 Å². The summed E-state index contributed by atoms with van der Waals surface area (Å²) in [5, 5.41) is 8.16. The molecule has 23 heavy (non-hydrogen) atoms. The predicted molar refractivity (Wildman–Crippen MR) is 79.9 cm³/mol. The molecule has 1 fully saturated rings. The molecule has 2 heterocycles. The van der Waals surface area contributed by atoms with Crippen LogP contribution in [0, 0.1) is 0 Å². The average molecular weight is 344 g/mol. The molecule has 0 aliphatic carbocycles. The average Bonchev–Trinajstić information content (AvgIpc) is 2.76. The van der Waals surface area contributed by atoms with Gasteiger partial charge in [-0.15, -0.1) is 11.8 Å². The summed E-state index contributed by atoms with van der Waals surface area (Å²) in [6.45, 7) is 2.05. The van der Waals surface area contributed by atoms with Crippen LogP contribution in [0.1, 0.15) is 19.2 Å². The summed E-state index contributed by atoms with van der Waals surface area (Å²) < 4.78 is 11.5. The van der Waals surface area contributed by atoms with Gasteiger partial charge < -0.3 is 14.6 Å². The zero-order valence-electron chi connectivity index (χ0n) is 12.4. The van der Waals surface area contributed by atoms with E-state index in [4.69, 9.17) is 9.47 Å². The number of H-pyrrole nitrogens is 1. The Labute approximate surface area is 134 Å². The largest absolute Gasteiger partial charge is 0.457 e. The van der Waals surface area contributed by atoms with Gasteiger partial charge in [-0.2, -0.15) is 0 Å². The van der Waals surface area contributed by atoms with Gasteiger partial charge in [-0.3, -0.25) is 23.9 Å². The predicted octanol–water partition coefficient (Wildman–Crippen LogP) is -0.994. The number of esters is 2. The Morgan fingerprint density at radius 2 is 1.87 bits per heavy atom. The highest BCUT2D eigenvalue weighted by atomic mass is 32.2. The smallest absolute Gasteiger partial charge is 0.329 e.